The van der Waals surface area contributed by atoms with Gasteiger partial charge in [0.1, 0.15) is 17.7 Å². The Labute approximate surface area is 119 Å². The normalized spacial score (nSPS) is 22.2. The van der Waals surface area contributed by atoms with Gasteiger partial charge in [0, 0.05) is 13.5 Å². The fourth-order valence-corrected chi connectivity index (χ4v) is 2.21. The quantitative estimate of drug-likeness (QED) is 0.750. The first-order chi connectivity index (χ1) is 9.11. The summed E-state index contributed by atoms with van der Waals surface area (Å²) in [6, 6.07) is 4.15. The Bertz CT molecular complexity index is 466. The molecule has 1 fully saturated rings. The van der Waals surface area contributed by atoms with Crippen molar-refractivity contribution in [1.29, 1.82) is 0 Å². The second-order valence-electron chi connectivity index (χ2n) is 4.19. The van der Waals surface area contributed by atoms with Gasteiger partial charge in [-0.2, -0.15) is 0 Å². The smallest absolute Gasteiger partial charge is 0.169 e. The van der Waals surface area contributed by atoms with E-state index in [1.165, 1.54) is 18.2 Å². The number of hydrogen-bond donors (Lipinski definition) is 0. The molecule has 1 aromatic rings. The number of rotatable bonds is 6. The second-order valence-corrected chi connectivity index (χ2v) is 5.04. The molecule has 0 radical (unpaired) electrons. The van der Waals surface area contributed by atoms with Crippen LogP contribution >= 0.6 is 15.9 Å². The predicted octanol–water partition coefficient (Wildman–Crippen LogP) is 2.34. The van der Waals surface area contributed by atoms with Crippen LogP contribution in [0.2, 0.25) is 0 Å². The van der Waals surface area contributed by atoms with Crippen LogP contribution < -0.4 is 4.74 Å². The van der Waals surface area contributed by atoms with Gasteiger partial charge in [-0.15, -0.1) is 0 Å². The highest BCUT2D eigenvalue weighted by Gasteiger charge is 2.42. The van der Waals surface area contributed by atoms with Crippen molar-refractivity contribution in [3.8, 4) is 5.75 Å². The molecule has 0 heterocycles. The lowest BCUT2D eigenvalue weighted by Crippen LogP contribution is -2.52. The van der Waals surface area contributed by atoms with Crippen LogP contribution in [0.5, 0.6) is 5.75 Å². The average Bonchev–Trinajstić information content (AvgIpc) is 2.37. The third-order valence-electron chi connectivity index (χ3n) is 2.81. The number of ether oxygens (including phenoxy) is 3. The zero-order valence-electron chi connectivity index (χ0n) is 10.4. The van der Waals surface area contributed by atoms with Crippen molar-refractivity contribution in [2.45, 2.75) is 18.6 Å². The first-order valence-corrected chi connectivity index (χ1v) is 6.66. The molecule has 0 saturated heterocycles. The summed E-state index contributed by atoms with van der Waals surface area (Å²) >= 11 is 3.22. The Balaban J connectivity index is 1.93. The van der Waals surface area contributed by atoms with Crippen molar-refractivity contribution < 1.29 is 23.4 Å². The molecule has 0 bridgehead atoms. The Morgan fingerprint density at radius 1 is 1.42 bits per heavy atom. The molecule has 104 valence electrons. The van der Waals surface area contributed by atoms with Gasteiger partial charge in [-0.3, -0.25) is 4.79 Å². The van der Waals surface area contributed by atoms with Crippen LogP contribution in [-0.2, 0) is 14.3 Å². The van der Waals surface area contributed by atoms with E-state index in [9.17, 15) is 9.18 Å². The van der Waals surface area contributed by atoms with Crippen LogP contribution in [-0.4, -0.2) is 38.3 Å². The highest BCUT2D eigenvalue weighted by molar-refractivity contribution is 9.10. The molecule has 1 aromatic carbocycles. The highest BCUT2D eigenvalue weighted by Crippen LogP contribution is 2.31. The molecule has 0 spiro atoms. The monoisotopic (exact) mass is 332 g/mol. The third kappa shape index (κ3) is 3.52. The van der Waals surface area contributed by atoms with E-state index in [0.29, 0.717) is 29.9 Å². The second kappa shape index (κ2) is 6.45. The minimum absolute atomic E-state index is 0.0133. The van der Waals surface area contributed by atoms with Gasteiger partial charge in [0.05, 0.1) is 17.7 Å². The average molecular weight is 333 g/mol. The summed E-state index contributed by atoms with van der Waals surface area (Å²) in [5.41, 5.74) is 0. The van der Waals surface area contributed by atoms with Crippen molar-refractivity contribution in [1.82, 2.24) is 0 Å². The van der Waals surface area contributed by atoms with Crippen molar-refractivity contribution >= 4 is 21.7 Å². The van der Waals surface area contributed by atoms with E-state index in [1.807, 2.05) is 0 Å². The van der Waals surface area contributed by atoms with Crippen LogP contribution in [0.1, 0.15) is 6.42 Å². The summed E-state index contributed by atoms with van der Waals surface area (Å²) in [6.07, 6.45) is -0.584. The predicted molar refractivity (Wildman–Crippen MR) is 69.8 cm³/mol. The zero-order chi connectivity index (χ0) is 13.8. The molecule has 2 rings (SSSR count). The molecule has 0 aromatic heterocycles. The van der Waals surface area contributed by atoms with Gasteiger partial charge in [-0.05, 0) is 34.1 Å². The molecule has 0 amide bonds. The molecule has 4 nitrogen and oxygen atoms in total. The summed E-state index contributed by atoms with van der Waals surface area (Å²) in [6.45, 7) is 0.772. The fraction of sp³-hybridized carbons (Fsp3) is 0.462. The molecule has 1 aliphatic rings. The molecule has 2 atom stereocenters. The number of hydrogen-bond acceptors (Lipinski definition) is 4. The number of methoxy groups -OCH3 is 1. The van der Waals surface area contributed by atoms with Crippen molar-refractivity contribution in [3.05, 3.63) is 28.5 Å². The number of halogens is 2. The van der Waals surface area contributed by atoms with Crippen molar-refractivity contribution in [2.75, 3.05) is 20.3 Å². The summed E-state index contributed by atoms with van der Waals surface area (Å²) in [5, 5.41) is 0. The molecule has 1 aliphatic carbocycles. The minimum atomic E-state index is -0.563. The van der Waals surface area contributed by atoms with Gasteiger partial charge in [-0.1, -0.05) is 0 Å². The Hall–Kier alpha value is -0.980. The molecular formula is C13H14BrFO4. The SMILES string of the molecule is COCCOC1C(=O)CC1Oc1ccc(F)cc1Br. The summed E-state index contributed by atoms with van der Waals surface area (Å²) < 4.78 is 29.4. The standard InChI is InChI=1S/C13H14BrFO4/c1-17-4-5-18-13-10(16)7-12(13)19-11-3-2-8(15)6-9(11)14/h2-3,6,12-13H,4-5,7H2,1H3. The largest absolute Gasteiger partial charge is 0.486 e. The van der Waals surface area contributed by atoms with E-state index < -0.39 is 6.10 Å². The Morgan fingerprint density at radius 2 is 2.21 bits per heavy atom. The van der Waals surface area contributed by atoms with E-state index in [4.69, 9.17) is 14.2 Å². The Morgan fingerprint density at radius 3 is 2.84 bits per heavy atom. The highest BCUT2D eigenvalue weighted by atomic mass is 79.9. The lowest BCUT2D eigenvalue weighted by Gasteiger charge is -2.34. The van der Waals surface area contributed by atoms with Crippen LogP contribution in [0.25, 0.3) is 0 Å². The zero-order valence-corrected chi connectivity index (χ0v) is 12.0. The van der Waals surface area contributed by atoms with Gasteiger partial charge in [0.2, 0.25) is 0 Å². The molecule has 19 heavy (non-hydrogen) atoms. The minimum Gasteiger partial charge on any atom is -0.486 e. The number of Topliss-reactive ketones (excluding diaryl/α,β-unsaturated/α-hetero) is 1. The third-order valence-corrected chi connectivity index (χ3v) is 3.43. The van der Waals surface area contributed by atoms with Gasteiger partial charge in [-0.25, -0.2) is 4.39 Å². The van der Waals surface area contributed by atoms with E-state index in [-0.39, 0.29) is 17.7 Å². The molecule has 6 heteroatoms. The summed E-state index contributed by atoms with van der Waals surface area (Å²) in [5.74, 6) is 0.162. The van der Waals surface area contributed by atoms with Crippen LogP contribution in [0, 0.1) is 5.82 Å². The van der Waals surface area contributed by atoms with Crippen molar-refractivity contribution in [2.24, 2.45) is 0 Å². The number of carbonyl (C=O) groups is 1. The maximum atomic E-state index is 12.9. The molecule has 0 aliphatic heterocycles. The number of ketones is 1. The first kappa shape index (κ1) is 14.4. The summed E-state index contributed by atoms with van der Waals surface area (Å²) in [4.78, 5) is 11.4. The van der Waals surface area contributed by atoms with Crippen LogP contribution in [0.3, 0.4) is 0 Å². The van der Waals surface area contributed by atoms with Crippen LogP contribution in [0.15, 0.2) is 22.7 Å². The maximum Gasteiger partial charge on any atom is 0.169 e. The first-order valence-electron chi connectivity index (χ1n) is 5.87. The van der Waals surface area contributed by atoms with Gasteiger partial charge < -0.3 is 14.2 Å². The molecule has 1 saturated carbocycles. The van der Waals surface area contributed by atoms with E-state index >= 15 is 0 Å². The molecule has 2 unspecified atom stereocenters. The van der Waals surface area contributed by atoms with Gasteiger partial charge in [0.15, 0.2) is 11.9 Å². The maximum absolute atomic E-state index is 12.9. The van der Waals surface area contributed by atoms with E-state index in [2.05, 4.69) is 15.9 Å². The lowest BCUT2D eigenvalue weighted by atomic mass is 9.90. The number of benzene rings is 1. The van der Waals surface area contributed by atoms with Gasteiger partial charge in [0.25, 0.3) is 0 Å². The van der Waals surface area contributed by atoms with Crippen molar-refractivity contribution in [3.63, 3.8) is 0 Å². The van der Waals surface area contributed by atoms with E-state index in [1.54, 1.807) is 7.11 Å². The van der Waals surface area contributed by atoms with E-state index in [0.717, 1.165) is 0 Å². The fourth-order valence-electron chi connectivity index (χ4n) is 1.76. The van der Waals surface area contributed by atoms with Crippen LogP contribution in [0.4, 0.5) is 4.39 Å². The van der Waals surface area contributed by atoms with Gasteiger partial charge >= 0.3 is 0 Å². The molecule has 0 N–H and O–H groups in total. The topological polar surface area (TPSA) is 44.8 Å². The molecular weight excluding hydrogens is 319 g/mol. The lowest BCUT2D eigenvalue weighted by molar-refractivity contribution is -0.156. The Kier molecular flexibility index (Phi) is 4.90. The number of carbonyl (C=O) groups excluding carboxylic acids is 1. The summed E-state index contributed by atoms with van der Waals surface area (Å²) in [7, 11) is 1.57.